The summed E-state index contributed by atoms with van der Waals surface area (Å²) in [5.74, 6) is 0. The number of rotatable bonds is 2. The number of aldehydes is 1. The molecule has 0 radical (unpaired) electrons. The van der Waals surface area contributed by atoms with Crippen molar-refractivity contribution in [3.63, 3.8) is 0 Å². The van der Waals surface area contributed by atoms with Crippen molar-refractivity contribution >= 4 is 6.29 Å². The van der Waals surface area contributed by atoms with E-state index in [4.69, 9.17) is 0 Å². The predicted octanol–water partition coefficient (Wildman–Crippen LogP) is 0.681. The molecule has 3 heteroatoms. The molecule has 11 heavy (non-hydrogen) atoms. The summed E-state index contributed by atoms with van der Waals surface area (Å²) in [6.45, 7) is 2.45. The van der Waals surface area contributed by atoms with E-state index in [0.29, 0.717) is 12.1 Å². The molecular formula is C8H9NO2. The quantitative estimate of drug-likeness (QED) is 0.583. The van der Waals surface area contributed by atoms with Crippen LogP contribution < -0.4 is 5.56 Å². The van der Waals surface area contributed by atoms with E-state index in [1.165, 1.54) is 16.7 Å². The molecule has 1 rings (SSSR count). The molecular weight excluding hydrogens is 142 g/mol. The molecule has 0 saturated carbocycles. The highest BCUT2D eigenvalue weighted by molar-refractivity contribution is 5.73. The van der Waals surface area contributed by atoms with E-state index in [1.54, 1.807) is 6.20 Å². The second-order valence-electron chi connectivity index (χ2n) is 2.20. The van der Waals surface area contributed by atoms with Crippen molar-refractivity contribution in [3.8, 4) is 0 Å². The van der Waals surface area contributed by atoms with Crippen molar-refractivity contribution in [2.75, 3.05) is 0 Å². The van der Waals surface area contributed by atoms with E-state index in [0.717, 1.165) is 6.29 Å². The van der Waals surface area contributed by atoms with E-state index in [2.05, 4.69) is 0 Å². The number of hydrogen-bond acceptors (Lipinski definition) is 2. The van der Waals surface area contributed by atoms with Gasteiger partial charge in [-0.3, -0.25) is 9.59 Å². The minimum atomic E-state index is -0.0712. The monoisotopic (exact) mass is 151 g/mol. The second kappa shape index (κ2) is 3.14. The average molecular weight is 151 g/mol. The summed E-state index contributed by atoms with van der Waals surface area (Å²) in [5.41, 5.74) is 0.463. The van der Waals surface area contributed by atoms with Crippen LogP contribution in [0.25, 0.3) is 0 Å². The summed E-state index contributed by atoms with van der Waals surface area (Å²) in [6.07, 6.45) is 2.28. The van der Waals surface area contributed by atoms with Gasteiger partial charge in [0.15, 0.2) is 6.29 Å². The van der Waals surface area contributed by atoms with Crippen molar-refractivity contribution in [1.82, 2.24) is 4.57 Å². The number of nitrogens with zero attached hydrogens (tertiary/aromatic N) is 1. The van der Waals surface area contributed by atoms with E-state index in [-0.39, 0.29) is 5.56 Å². The van der Waals surface area contributed by atoms with E-state index in [1.807, 2.05) is 6.92 Å². The van der Waals surface area contributed by atoms with Crippen molar-refractivity contribution in [1.29, 1.82) is 0 Å². The first-order valence-corrected chi connectivity index (χ1v) is 3.43. The Kier molecular flexibility index (Phi) is 2.21. The molecule has 0 aromatic carbocycles. The number of carbonyl (C=O) groups is 1. The minimum Gasteiger partial charge on any atom is -0.315 e. The van der Waals surface area contributed by atoms with Gasteiger partial charge >= 0.3 is 0 Å². The van der Waals surface area contributed by atoms with Crippen molar-refractivity contribution in [3.05, 3.63) is 34.2 Å². The van der Waals surface area contributed by atoms with Gasteiger partial charge in [-0.05, 0) is 13.0 Å². The number of aryl methyl sites for hydroxylation is 1. The Morgan fingerprint density at radius 3 is 2.82 bits per heavy atom. The van der Waals surface area contributed by atoms with Crippen LogP contribution in [-0.2, 0) is 6.54 Å². The molecule has 0 saturated heterocycles. The third-order valence-electron chi connectivity index (χ3n) is 1.48. The van der Waals surface area contributed by atoms with Gasteiger partial charge in [0.05, 0.1) is 0 Å². The lowest BCUT2D eigenvalue weighted by Crippen LogP contribution is -2.17. The van der Waals surface area contributed by atoms with Crippen molar-refractivity contribution in [2.24, 2.45) is 0 Å². The first kappa shape index (κ1) is 7.72. The molecule has 3 nitrogen and oxygen atoms in total. The summed E-state index contributed by atoms with van der Waals surface area (Å²) in [5, 5.41) is 0. The standard InChI is InChI=1S/C8H9NO2/c1-2-9-5-7(6-10)3-4-8(9)11/h3-6H,2H2,1H3. The molecule has 1 aromatic rings. The minimum absolute atomic E-state index is 0.0712. The molecule has 58 valence electrons. The number of carbonyl (C=O) groups excluding carboxylic acids is 1. The van der Waals surface area contributed by atoms with E-state index < -0.39 is 0 Å². The third-order valence-corrected chi connectivity index (χ3v) is 1.48. The molecule has 0 aliphatic rings. The van der Waals surface area contributed by atoms with Crippen LogP contribution >= 0.6 is 0 Å². The van der Waals surface area contributed by atoms with Gasteiger partial charge in [-0.25, -0.2) is 0 Å². The van der Waals surface area contributed by atoms with Crippen LogP contribution in [0.2, 0.25) is 0 Å². The lowest BCUT2D eigenvalue weighted by Gasteiger charge is -1.99. The van der Waals surface area contributed by atoms with Gasteiger partial charge in [-0.2, -0.15) is 0 Å². The highest BCUT2D eigenvalue weighted by Gasteiger charge is 1.93. The second-order valence-corrected chi connectivity index (χ2v) is 2.20. The largest absolute Gasteiger partial charge is 0.315 e. The Balaban J connectivity index is 3.23. The van der Waals surface area contributed by atoms with Gasteiger partial charge in [0, 0.05) is 24.4 Å². The van der Waals surface area contributed by atoms with Gasteiger partial charge in [0.1, 0.15) is 0 Å². The lowest BCUT2D eigenvalue weighted by atomic mass is 10.3. The molecule has 1 aromatic heterocycles. The van der Waals surface area contributed by atoms with E-state index in [9.17, 15) is 9.59 Å². The number of aromatic nitrogens is 1. The normalized spacial score (nSPS) is 9.55. The van der Waals surface area contributed by atoms with Gasteiger partial charge in [-0.1, -0.05) is 0 Å². The molecule has 0 aliphatic heterocycles. The highest BCUT2D eigenvalue weighted by Crippen LogP contribution is 1.89. The number of pyridine rings is 1. The van der Waals surface area contributed by atoms with Crippen LogP contribution in [0.1, 0.15) is 17.3 Å². The van der Waals surface area contributed by atoms with Crippen LogP contribution in [0.4, 0.5) is 0 Å². The molecule has 0 fully saturated rings. The zero-order valence-electron chi connectivity index (χ0n) is 6.28. The molecule has 0 aliphatic carbocycles. The molecule has 0 spiro atoms. The maximum atomic E-state index is 11.0. The SMILES string of the molecule is CCn1cc(C=O)ccc1=O. The Morgan fingerprint density at radius 2 is 2.27 bits per heavy atom. The topological polar surface area (TPSA) is 39.1 Å². The Hall–Kier alpha value is -1.38. The van der Waals surface area contributed by atoms with Crippen LogP contribution in [0.3, 0.4) is 0 Å². The average Bonchev–Trinajstić information content (AvgIpc) is 2.05. The summed E-state index contributed by atoms with van der Waals surface area (Å²) in [7, 11) is 0. The zero-order chi connectivity index (χ0) is 8.27. The summed E-state index contributed by atoms with van der Waals surface area (Å²) < 4.78 is 1.49. The Labute approximate surface area is 64.3 Å². The molecule has 0 N–H and O–H groups in total. The van der Waals surface area contributed by atoms with Crippen LogP contribution in [0.5, 0.6) is 0 Å². The fourth-order valence-corrected chi connectivity index (χ4v) is 0.867. The first-order valence-electron chi connectivity index (χ1n) is 3.43. The maximum absolute atomic E-state index is 11.0. The Morgan fingerprint density at radius 1 is 1.55 bits per heavy atom. The number of hydrogen-bond donors (Lipinski definition) is 0. The smallest absolute Gasteiger partial charge is 0.250 e. The molecule has 0 unspecified atom stereocenters. The zero-order valence-corrected chi connectivity index (χ0v) is 6.28. The highest BCUT2D eigenvalue weighted by atomic mass is 16.1. The van der Waals surface area contributed by atoms with Crippen LogP contribution in [-0.4, -0.2) is 10.9 Å². The fraction of sp³-hybridized carbons (Fsp3) is 0.250. The van der Waals surface area contributed by atoms with Crippen LogP contribution in [0, 0.1) is 0 Å². The molecule has 1 heterocycles. The summed E-state index contributed by atoms with van der Waals surface area (Å²) in [6, 6.07) is 2.91. The van der Waals surface area contributed by atoms with Gasteiger partial charge in [0.25, 0.3) is 5.56 Å². The van der Waals surface area contributed by atoms with Crippen LogP contribution in [0.15, 0.2) is 23.1 Å². The van der Waals surface area contributed by atoms with Gasteiger partial charge < -0.3 is 4.57 Å². The van der Waals surface area contributed by atoms with Gasteiger partial charge in [-0.15, -0.1) is 0 Å². The summed E-state index contributed by atoms with van der Waals surface area (Å²) >= 11 is 0. The predicted molar refractivity (Wildman–Crippen MR) is 41.8 cm³/mol. The maximum Gasteiger partial charge on any atom is 0.250 e. The van der Waals surface area contributed by atoms with Crippen molar-refractivity contribution < 1.29 is 4.79 Å². The molecule has 0 bridgehead atoms. The fourth-order valence-electron chi connectivity index (χ4n) is 0.867. The Bertz CT molecular complexity index is 314. The lowest BCUT2D eigenvalue weighted by molar-refractivity contribution is 0.112. The summed E-state index contributed by atoms with van der Waals surface area (Å²) in [4.78, 5) is 21.2. The van der Waals surface area contributed by atoms with Crippen molar-refractivity contribution in [2.45, 2.75) is 13.5 Å². The molecule has 0 atom stereocenters. The van der Waals surface area contributed by atoms with Gasteiger partial charge in [0.2, 0.25) is 0 Å². The molecule has 0 amide bonds. The third kappa shape index (κ3) is 1.55. The van der Waals surface area contributed by atoms with E-state index >= 15 is 0 Å². The first-order chi connectivity index (χ1) is 5.27.